The third-order valence-electron chi connectivity index (χ3n) is 3.18. The van der Waals surface area contributed by atoms with Crippen LogP contribution in [0, 0.1) is 6.92 Å². The number of nitrogens with zero attached hydrogens (tertiary/aromatic N) is 1. The Balaban J connectivity index is 2.30. The number of methoxy groups -OCH3 is 1. The summed E-state index contributed by atoms with van der Waals surface area (Å²) in [4.78, 5) is 4.23. The lowest BCUT2D eigenvalue weighted by Crippen LogP contribution is -2.39. The molecular formula is C17H27N3OS. The van der Waals surface area contributed by atoms with E-state index in [9.17, 15) is 0 Å². The topological polar surface area (TPSA) is 45.7 Å². The monoisotopic (exact) mass is 321 g/mol. The predicted octanol–water partition coefficient (Wildman–Crippen LogP) is 2.63. The van der Waals surface area contributed by atoms with Gasteiger partial charge in [0.25, 0.3) is 0 Å². The maximum atomic E-state index is 5.35. The predicted molar refractivity (Wildman–Crippen MR) is 98.3 cm³/mol. The second kappa shape index (κ2) is 11.0. The first-order chi connectivity index (χ1) is 10.7. The molecule has 0 amide bonds. The maximum absolute atomic E-state index is 5.35. The summed E-state index contributed by atoms with van der Waals surface area (Å²) in [6, 6.07) is 6.33. The quantitative estimate of drug-likeness (QED) is 0.318. The highest BCUT2D eigenvalue weighted by molar-refractivity contribution is 7.99. The zero-order valence-electron chi connectivity index (χ0n) is 13.8. The van der Waals surface area contributed by atoms with Gasteiger partial charge in [0.15, 0.2) is 5.96 Å². The lowest BCUT2D eigenvalue weighted by Gasteiger charge is -2.12. The van der Waals surface area contributed by atoms with Gasteiger partial charge in [-0.15, -0.1) is 6.58 Å². The summed E-state index contributed by atoms with van der Waals surface area (Å²) in [6.07, 6.45) is 2.86. The number of guanidine groups is 1. The largest absolute Gasteiger partial charge is 0.496 e. The summed E-state index contributed by atoms with van der Waals surface area (Å²) in [5.41, 5.74) is 2.42. The SMILES string of the molecule is C=CCSCCNC(=NC)NCCc1ccc(C)c(OC)c1. The number of thioether (sulfide) groups is 1. The van der Waals surface area contributed by atoms with E-state index in [0.717, 1.165) is 48.3 Å². The van der Waals surface area contributed by atoms with Crippen molar-refractivity contribution in [3.05, 3.63) is 42.0 Å². The fraction of sp³-hybridized carbons (Fsp3) is 0.471. The maximum Gasteiger partial charge on any atom is 0.191 e. The van der Waals surface area contributed by atoms with Crippen LogP contribution in [0.2, 0.25) is 0 Å². The van der Waals surface area contributed by atoms with E-state index in [0.29, 0.717) is 0 Å². The van der Waals surface area contributed by atoms with Crippen molar-refractivity contribution in [3.63, 3.8) is 0 Å². The zero-order chi connectivity index (χ0) is 16.2. The number of rotatable bonds is 9. The van der Waals surface area contributed by atoms with E-state index < -0.39 is 0 Å². The number of benzene rings is 1. The van der Waals surface area contributed by atoms with Crippen molar-refractivity contribution in [2.24, 2.45) is 4.99 Å². The van der Waals surface area contributed by atoms with Gasteiger partial charge in [-0.3, -0.25) is 4.99 Å². The van der Waals surface area contributed by atoms with Crippen molar-refractivity contribution in [1.82, 2.24) is 10.6 Å². The summed E-state index contributed by atoms with van der Waals surface area (Å²) in [5, 5.41) is 6.63. The highest BCUT2D eigenvalue weighted by atomic mass is 32.2. The van der Waals surface area contributed by atoms with Crippen molar-refractivity contribution < 1.29 is 4.74 Å². The Morgan fingerprint density at radius 3 is 2.82 bits per heavy atom. The van der Waals surface area contributed by atoms with Crippen molar-refractivity contribution in [3.8, 4) is 5.75 Å². The van der Waals surface area contributed by atoms with Gasteiger partial charge >= 0.3 is 0 Å². The highest BCUT2D eigenvalue weighted by Gasteiger charge is 2.01. The van der Waals surface area contributed by atoms with Gasteiger partial charge in [0.2, 0.25) is 0 Å². The van der Waals surface area contributed by atoms with Crippen molar-refractivity contribution in [2.45, 2.75) is 13.3 Å². The molecule has 0 radical (unpaired) electrons. The normalized spacial score (nSPS) is 11.1. The number of nitrogens with one attached hydrogen (secondary N) is 2. The van der Waals surface area contributed by atoms with Crippen LogP contribution in [0.25, 0.3) is 0 Å². The second-order valence-corrected chi connectivity index (χ2v) is 5.99. The first-order valence-electron chi connectivity index (χ1n) is 7.48. The third-order valence-corrected chi connectivity index (χ3v) is 4.14. The van der Waals surface area contributed by atoms with E-state index in [1.807, 2.05) is 17.8 Å². The lowest BCUT2D eigenvalue weighted by molar-refractivity contribution is 0.411. The average molecular weight is 321 g/mol. The number of aryl methyl sites for hydroxylation is 1. The van der Waals surface area contributed by atoms with Gasteiger partial charge in [0.05, 0.1) is 7.11 Å². The van der Waals surface area contributed by atoms with Gasteiger partial charge < -0.3 is 15.4 Å². The molecule has 0 heterocycles. The van der Waals surface area contributed by atoms with Crippen LogP contribution in [0.15, 0.2) is 35.8 Å². The molecule has 5 heteroatoms. The molecule has 0 spiro atoms. The third kappa shape index (κ3) is 6.89. The van der Waals surface area contributed by atoms with E-state index in [1.165, 1.54) is 5.56 Å². The molecule has 0 aliphatic heterocycles. The minimum atomic E-state index is 0.839. The van der Waals surface area contributed by atoms with E-state index in [2.05, 4.69) is 47.3 Å². The van der Waals surface area contributed by atoms with Crippen molar-refractivity contribution in [1.29, 1.82) is 0 Å². The van der Waals surface area contributed by atoms with Crippen molar-refractivity contribution >= 4 is 17.7 Å². The standard InChI is InChI=1S/C17H27N3OS/c1-5-11-22-12-10-20-17(18-3)19-9-8-15-7-6-14(2)16(13-15)21-4/h5-7,13H,1,8-12H2,2-4H3,(H2,18,19,20). The molecule has 0 atom stereocenters. The molecule has 0 fully saturated rings. The van der Waals surface area contributed by atoms with Crippen molar-refractivity contribution in [2.75, 3.05) is 38.8 Å². The van der Waals surface area contributed by atoms with Crippen LogP contribution in [-0.2, 0) is 6.42 Å². The molecule has 1 aromatic rings. The van der Waals surface area contributed by atoms with E-state index in [1.54, 1.807) is 14.2 Å². The van der Waals surface area contributed by atoms with Crippen LogP contribution in [0.3, 0.4) is 0 Å². The van der Waals surface area contributed by atoms with Gasteiger partial charge in [0.1, 0.15) is 5.75 Å². The molecule has 122 valence electrons. The summed E-state index contributed by atoms with van der Waals surface area (Å²) in [6.45, 7) is 7.50. The van der Waals surface area contributed by atoms with Gasteiger partial charge in [0, 0.05) is 31.6 Å². The molecule has 0 bridgehead atoms. The number of ether oxygens (including phenoxy) is 1. The molecule has 0 aliphatic carbocycles. The summed E-state index contributed by atoms with van der Waals surface area (Å²) >= 11 is 1.85. The molecule has 0 aromatic heterocycles. The first-order valence-corrected chi connectivity index (χ1v) is 8.63. The zero-order valence-corrected chi connectivity index (χ0v) is 14.6. The Bertz CT molecular complexity index is 489. The number of aliphatic imine (C=N–C) groups is 1. The lowest BCUT2D eigenvalue weighted by atomic mass is 10.1. The minimum absolute atomic E-state index is 0.839. The number of hydrogen-bond acceptors (Lipinski definition) is 3. The van der Waals surface area contributed by atoms with Gasteiger partial charge in [-0.2, -0.15) is 11.8 Å². The minimum Gasteiger partial charge on any atom is -0.496 e. The van der Waals surface area contributed by atoms with Crippen LogP contribution in [0.5, 0.6) is 5.75 Å². The Kier molecular flexibility index (Phi) is 9.23. The molecule has 0 aliphatic rings. The Morgan fingerprint density at radius 1 is 1.36 bits per heavy atom. The van der Waals surface area contributed by atoms with Crippen LogP contribution in [-0.4, -0.2) is 44.7 Å². The summed E-state index contributed by atoms with van der Waals surface area (Å²) < 4.78 is 5.35. The van der Waals surface area contributed by atoms with Crippen LogP contribution >= 0.6 is 11.8 Å². The fourth-order valence-corrected chi connectivity index (χ4v) is 2.55. The molecule has 1 rings (SSSR count). The molecular weight excluding hydrogens is 294 g/mol. The highest BCUT2D eigenvalue weighted by Crippen LogP contribution is 2.18. The Labute approximate surface area is 138 Å². The molecule has 0 saturated carbocycles. The fourth-order valence-electron chi connectivity index (χ4n) is 1.97. The van der Waals surface area contributed by atoms with Crippen LogP contribution < -0.4 is 15.4 Å². The average Bonchev–Trinajstić information content (AvgIpc) is 2.54. The van der Waals surface area contributed by atoms with Crippen LogP contribution in [0.4, 0.5) is 0 Å². The Morgan fingerprint density at radius 2 is 2.14 bits per heavy atom. The molecule has 4 nitrogen and oxygen atoms in total. The van der Waals surface area contributed by atoms with E-state index >= 15 is 0 Å². The number of hydrogen-bond donors (Lipinski definition) is 2. The first kappa shape index (κ1) is 18.4. The van der Waals surface area contributed by atoms with Gasteiger partial charge in [-0.25, -0.2) is 0 Å². The molecule has 2 N–H and O–H groups in total. The van der Waals surface area contributed by atoms with Gasteiger partial charge in [-0.05, 0) is 30.5 Å². The van der Waals surface area contributed by atoms with Gasteiger partial charge in [-0.1, -0.05) is 18.2 Å². The molecule has 22 heavy (non-hydrogen) atoms. The van der Waals surface area contributed by atoms with Crippen LogP contribution in [0.1, 0.15) is 11.1 Å². The molecule has 0 saturated heterocycles. The smallest absolute Gasteiger partial charge is 0.191 e. The molecule has 0 unspecified atom stereocenters. The van der Waals surface area contributed by atoms with E-state index in [-0.39, 0.29) is 0 Å². The van der Waals surface area contributed by atoms with E-state index in [4.69, 9.17) is 4.74 Å². The summed E-state index contributed by atoms with van der Waals surface area (Å²) in [5.74, 6) is 3.82. The Hall–Kier alpha value is -1.62. The summed E-state index contributed by atoms with van der Waals surface area (Å²) in [7, 11) is 3.50. The second-order valence-electron chi connectivity index (χ2n) is 4.84. The molecule has 1 aromatic carbocycles.